The van der Waals surface area contributed by atoms with Crippen molar-refractivity contribution in [1.82, 2.24) is 10.2 Å². The summed E-state index contributed by atoms with van der Waals surface area (Å²) in [5.74, 6) is 0.872. The maximum Gasteiger partial charge on any atom is 0.0469 e. The average Bonchev–Trinajstić information content (AvgIpc) is 2.83. The largest absolute Gasteiger partial charge is 0.381 e. The maximum absolute atomic E-state index is 5.44. The van der Waals surface area contributed by atoms with Crippen LogP contribution in [0.2, 0.25) is 0 Å². The normalized spacial score (nSPS) is 26.8. The molecule has 3 nitrogen and oxygen atoms in total. The molecule has 0 aromatic rings. The molecule has 1 atom stereocenters. The Morgan fingerprint density at radius 3 is 2.65 bits per heavy atom. The Hall–Kier alpha value is -0.120. The summed E-state index contributed by atoms with van der Waals surface area (Å²) in [6, 6.07) is 0.751. The summed E-state index contributed by atoms with van der Waals surface area (Å²) in [5, 5.41) is 3.62. The fourth-order valence-electron chi connectivity index (χ4n) is 3.09. The van der Waals surface area contributed by atoms with E-state index in [1.807, 2.05) is 0 Å². The van der Waals surface area contributed by atoms with Crippen molar-refractivity contribution in [2.24, 2.45) is 5.92 Å². The molecule has 2 fully saturated rings. The minimum absolute atomic E-state index is 0.751. The van der Waals surface area contributed by atoms with Crippen molar-refractivity contribution in [2.75, 3.05) is 39.4 Å². The van der Waals surface area contributed by atoms with Gasteiger partial charge in [0.15, 0.2) is 0 Å². The Bertz CT molecular complexity index is 198. The van der Waals surface area contributed by atoms with Crippen LogP contribution in [0, 0.1) is 5.92 Å². The summed E-state index contributed by atoms with van der Waals surface area (Å²) < 4.78 is 5.44. The Kier molecular flexibility index (Phi) is 5.75. The highest BCUT2D eigenvalue weighted by molar-refractivity contribution is 4.79. The van der Waals surface area contributed by atoms with E-state index in [1.165, 1.54) is 58.3 Å². The highest BCUT2D eigenvalue weighted by Gasteiger charge is 2.21. The van der Waals surface area contributed by atoms with Crippen LogP contribution in [0.1, 0.15) is 39.0 Å². The minimum atomic E-state index is 0.751. The van der Waals surface area contributed by atoms with Gasteiger partial charge in [0, 0.05) is 32.3 Å². The molecule has 2 aliphatic rings. The molecular weight excluding hydrogens is 212 g/mol. The molecule has 1 N–H and O–H groups in total. The van der Waals surface area contributed by atoms with Crippen LogP contribution in [0.5, 0.6) is 0 Å². The summed E-state index contributed by atoms with van der Waals surface area (Å²) in [5.41, 5.74) is 0. The standard InChI is InChI=1S/C14H28N2O/c1-2-8-16(12-14-4-3-7-15-14)11-13-5-9-17-10-6-13/h13-15H,2-12H2,1H3. The van der Waals surface area contributed by atoms with Gasteiger partial charge in [0.05, 0.1) is 0 Å². The Morgan fingerprint density at radius 2 is 2.00 bits per heavy atom. The lowest BCUT2D eigenvalue weighted by molar-refractivity contribution is 0.0514. The third-order valence-electron chi connectivity index (χ3n) is 4.04. The predicted molar refractivity (Wildman–Crippen MR) is 71.3 cm³/mol. The first kappa shape index (κ1) is 13.3. The van der Waals surface area contributed by atoms with Crippen molar-refractivity contribution >= 4 is 0 Å². The van der Waals surface area contributed by atoms with E-state index in [1.54, 1.807) is 0 Å². The second kappa shape index (κ2) is 7.34. The smallest absolute Gasteiger partial charge is 0.0469 e. The predicted octanol–water partition coefficient (Wildman–Crippen LogP) is 1.88. The van der Waals surface area contributed by atoms with Gasteiger partial charge in [-0.1, -0.05) is 6.92 Å². The van der Waals surface area contributed by atoms with E-state index in [2.05, 4.69) is 17.1 Å². The number of hydrogen-bond acceptors (Lipinski definition) is 3. The molecule has 100 valence electrons. The number of hydrogen-bond donors (Lipinski definition) is 1. The van der Waals surface area contributed by atoms with Crippen molar-refractivity contribution in [3.8, 4) is 0 Å². The van der Waals surface area contributed by atoms with Gasteiger partial charge in [0.1, 0.15) is 0 Å². The maximum atomic E-state index is 5.44. The van der Waals surface area contributed by atoms with Crippen molar-refractivity contribution in [2.45, 2.75) is 45.1 Å². The zero-order valence-electron chi connectivity index (χ0n) is 11.3. The van der Waals surface area contributed by atoms with Crippen LogP contribution in [0.15, 0.2) is 0 Å². The molecule has 0 saturated carbocycles. The number of nitrogens with one attached hydrogen (secondary N) is 1. The van der Waals surface area contributed by atoms with Crippen LogP contribution in [0.4, 0.5) is 0 Å². The van der Waals surface area contributed by atoms with Crippen molar-refractivity contribution in [3.05, 3.63) is 0 Å². The third kappa shape index (κ3) is 4.57. The van der Waals surface area contributed by atoms with Gasteiger partial charge >= 0.3 is 0 Å². The first-order chi connectivity index (χ1) is 8.38. The van der Waals surface area contributed by atoms with E-state index in [-0.39, 0.29) is 0 Å². The molecule has 0 aliphatic carbocycles. The Labute approximate surface area is 106 Å². The van der Waals surface area contributed by atoms with E-state index in [0.717, 1.165) is 25.2 Å². The summed E-state index contributed by atoms with van der Waals surface area (Å²) in [7, 11) is 0. The monoisotopic (exact) mass is 240 g/mol. The van der Waals surface area contributed by atoms with Gasteiger partial charge < -0.3 is 15.0 Å². The molecular formula is C14H28N2O. The molecule has 3 heteroatoms. The minimum Gasteiger partial charge on any atom is -0.381 e. The van der Waals surface area contributed by atoms with E-state index in [4.69, 9.17) is 4.74 Å². The summed E-state index contributed by atoms with van der Waals surface area (Å²) >= 11 is 0. The fraction of sp³-hybridized carbons (Fsp3) is 1.00. The van der Waals surface area contributed by atoms with Gasteiger partial charge in [0.2, 0.25) is 0 Å². The topological polar surface area (TPSA) is 24.5 Å². The number of ether oxygens (including phenoxy) is 1. The molecule has 2 heterocycles. The van der Waals surface area contributed by atoms with Crippen LogP contribution < -0.4 is 5.32 Å². The summed E-state index contributed by atoms with van der Waals surface area (Å²) in [6.07, 6.45) is 6.53. The van der Waals surface area contributed by atoms with Crippen LogP contribution in [-0.4, -0.2) is 50.3 Å². The second-order valence-corrected chi connectivity index (χ2v) is 5.61. The van der Waals surface area contributed by atoms with Crippen molar-refractivity contribution < 1.29 is 4.74 Å². The molecule has 0 amide bonds. The Balaban J connectivity index is 1.74. The lowest BCUT2D eigenvalue weighted by Gasteiger charge is -2.31. The third-order valence-corrected chi connectivity index (χ3v) is 4.04. The molecule has 0 aromatic heterocycles. The first-order valence-corrected chi connectivity index (χ1v) is 7.42. The summed E-state index contributed by atoms with van der Waals surface area (Å²) in [4.78, 5) is 2.68. The van der Waals surface area contributed by atoms with E-state index in [9.17, 15) is 0 Å². The second-order valence-electron chi connectivity index (χ2n) is 5.61. The molecule has 2 saturated heterocycles. The first-order valence-electron chi connectivity index (χ1n) is 7.42. The van der Waals surface area contributed by atoms with Crippen molar-refractivity contribution in [3.63, 3.8) is 0 Å². The SMILES string of the molecule is CCCN(CC1CCOCC1)CC1CCCN1. The van der Waals surface area contributed by atoms with Gasteiger partial charge in [-0.05, 0) is 51.1 Å². The molecule has 0 radical (unpaired) electrons. The van der Waals surface area contributed by atoms with Gasteiger partial charge in [-0.2, -0.15) is 0 Å². The van der Waals surface area contributed by atoms with Crippen LogP contribution >= 0.6 is 0 Å². The zero-order chi connectivity index (χ0) is 11.9. The molecule has 0 spiro atoms. The highest BCUT2D eigenvalue weighted by Crippen LogP contribution is 2.17. The molecule has 17 heavy (non-hydrogen) atoms. The highest BCUT2D eigenvalue weighted by atomic mass is 16.5. The van der Waals surface area contributed by atoms with Crippen LogP contribution in [-0.2, 0) is 4.74 Å². The Morgan fingerprint density at radius 1 is 1.18 bits per heavy atom. The lowest BCUT2D eigenvalue weighted by Crippen LogP contribution is -2.41. The quantitative estimate of drug-likeness (QED) is 0.767. The molecule has 2 aliphatic heterocycles. The molecule has 1 unspecified atom stereocenters. The van der Waals surface area contributed by atoms with Crippen molar-refractivity contribution in [1.29, 1.82) is 0 Å². The van der Waals surface area contributed by atoms with E-state index >= 15 is 0 Å². The lowest BCUT2D eigenvalue weighted by atomic mass is 9.99. The molecule has 0 aromatic carbocycles. The van der Waals surface area contributed by atoms with E-state index in [0.29, 0.717) is 0 Å². The van der Waals surface area contributed by atoms with Gasteiger partial charge in [0.25, 0.3) is 0 Å². The van der Waals surface area contributed by atoms with Crippen LogP contribution in [0.25, 0.3) is 0 Å². The van der Waals surface area contributed by atoms with Gasteiger partial charge in [-0.3, -0.25) is 0 Å². The average molecular weight is 240 g/mol. The van der Waals surface area contributed by atoms with Gasteiger partial charge in [-0.25, -0.2) is 0 Å². The molecule has 2 rings (SSSR count). The van der Waals surface area contributed by atoms with Gasteiger partial charge in [-0.15, -0.1) is 0 Å². The van der Waals surface area contributed by atoms with Crippen LogP contribution in [0.3, 0.4) is 0 Å². The summed E-state index contributed by atoms with van der Waals surface area (Å²) in [6.45, 7) is 9.27. The van der Waals surface area contributed by atoms with E-state index < -0.39 is 0 Å². The number of nitrogens with zero attached hydrogens (tertiary/aromatic N) is 1. The fourth-order valence-corrected chi connectivity index (χ4v) is 3.09. The molecule has 0 bridgehead atoms. The number of rotatable bonds is 6. The zero-order valence-corrected chi connectivity index (χ0v) is 11.3.